The molecule has 0 fully saturated rings. The highest BCUT2D eigenvalue weighted by Crippen LogP contribution is 2.48. The Morgan fingerprint density at radius 1 is 0.509 bits per heavy atom. The molecule has 53 heavy (non-hydrogen) atoms. The maximum atomic E-state index is 7.01. The Bertz CT molecular complexity index is 2500. The van der Waals surface area contributed by atoms with Gasteiger partial charge in [0.15, 0.2) is 5.58 Å². The van der Waals surface area contributed by atoms with Gasteiger partial charge in [0, 0.05) is 22.2 Å². The van der Waals surface area contributed by atoms with Crippen LogP contribution in [0.2, 0.25) is 0 Å². The van der Waals surface area contributed by atoms with E-state index in [9.17, 15) is 0 Å². The molecule has 4 nitrogen and oxygen atoms in total. The number of hydrogen-bond acceptors (Lipinski definition) is 4. The molecule has 0 bridgehead atoms. The molecule has 0 saturated heterocycles. The summed E-state index contributed by atoms with van der Waals surface area (Å²) in [6.45, 7) is 20.2. The third-order valence-corrected chi connectivity index (χ3v) is 11.1. The van der Waals surface area contributed by atoms with Gasteiger partial charge in [0.2, 0.25) is 0 Å². The molecule has 9 rings (SSSR count). The minimum atomic E-state index is -0.110. The average Bonchev–Trinajstić information content (AvgIpc) is 3.51. The summed E-state index contributed by atoms with van der Waals surface area (Å²) in [5.74, 6) is 3.37. The number of fused-ring (bicyclic) bond motifs is 8. The Balaban J connectivity index is 1.37. The molecule has 7 aromatic rings. The first-order valence-corrected chi connectivity index (χ1v) is 18.8. The quantitative estimate of drug-likeness (QED) is 0.172. The lowest BCUT2D eigenvalue weighted by molar-refractivity contribution is 0.466. The molecule has 264 valence electrons. The van der Waals surface area contributed by atoms with E-state index >= 15 is 0 Å². The first-order valence-electron chi connectivity index (χ1n) is 18.8. The number of benzene rings is 6. The van der Waals surface area contributed by atoms with Crippen molar-refractivity contribution in [2.75, 3.05) is 4.90 Å². The van der Waals surface area contributed by atoms with E-state index < -0.39 is 0 Å². The summed E-state index contributed by atoms with van der Waals surface area (Å²) in [7, 11) is 0. The maximum absolute atomic E-state index is 7.01. The molecule has 3 heterocycles. The summed E-state index contributed by atoms with van der Waals surface area (Å²) >= 11 is 0. The second-order valence-electron chi connectivity index (χ2n) is 17.9. The molecule has 2 aliphatic rings. The molecule has 1 aromatic heterocycles. The van der Waals surface area contributed by atoms with Crippen LogP contribution < -0.4 is 30.8 Å². The van der Waals surface area contributed by atoms with Gasteiger partial charge in [-0.05, 0) is 98.5 Å². The van der Waals surface area contributed by atoms with Crippen LogP contribution in [0.4, 0.5) is 17.1 Å². The van der Waals surface area contributed by atoms with Gasteiger partial charge < -0.3 is 18.8 Å². The molecule has 0 radical (unpaired) electrons. The van der Waals surface area contributed by atoms with Gasteiger partial charge in [0.25, 0.3) is 6.71 Å². The van der Waals surface area contributed by atoms with Gasteiger partial charge in [0.1, 0.15) is 28.6 Å². The number of ether oxygens (including phenoxy) is 2. The van der Waals surface area contributed by atoms with Gasteiger partial charge in [-0.25, -0.2) is 0 Å². The van der Waals surface area contributed by atoms with Crippen LogP contribution >= 0.6 is 0 Å². The molecule has 0 unspecified atom stereocenters. The van der Waals surface area contributed by atoms with E-state index in [0.29, 0.717) is 0 Å². The highest BCUT2D eigenvalue weighted by molar-refractivity contribution is 6.98. The lowest BCUT2D eigenvalue weighted by atomic mass is 9.34. The van der Waals surface area contributed by atoms with E-state index in [2.05, 4.69) is 170 Å². The average molecular weight is 696 g/mol. The lowest BCUT2D eigenvalue weighted by Crippen LogP contribution is -2.57. The predicted molar refractivity (Wildman–Crippen MR) is 222 cm³/mol. The highest BCUT2D eigenvalue weighted by Gasteiger charge is 2.43. The fraction of sp³-hybridized carbons (Fsp3) is 0.250. The topological polar surface area (TPSA) is 34.8 Å². The summed E-state index contributed by atoms with van der Waals surface area (Å²) in [6, 6.07) is 41.5. The highest BCUT2D eigenvalue weighted by atomic mass is 16.5. The largest absolute Gasteiger partial charge is 0.458 e. The van der Waals surface area contributed by atoms with Crippen molar-refractivity contribution < 1.29 is 13.9 Å². The second-order valence-corrected chi connectivity index (χ2v) is 17.9. The van der Waals surface area contributed by atoms with E-state index in [4.69, 9.17) is 13.9 Å². The van der Waals surface area contributed by atoms with Gasteiger partial charge in [-0.3, -0.25) is 0 Å². The van der Waals surface area contributed by atoms with Crippen molar-refractivity contribution in [1.29, 1.82) is 0 Å². The van der Waals surface area contributed by atoms with Crippen LogP contribution in [0.15, 0.2) is 120 Å². The molecule has 0 atom stereocenters. The van der Waals surface area contributed by atoms with Gasteiger partial charge in [0.05, 0.1) is 11.1 Å². The molecule has 2 aliphatic heterocycles. The van der Waals surface area contributed by atoms with E-state index in [1.165, 1.54) is 16.7 Å². The smallest absolute Gasteiger partial charge is 0.260 e. The molecule has 0 saturated carbocycles. The minimum absolute atomic E-state index is 0.0281. The van der Waals surface area contributed by atoms with Gasteiger partial charge in [-0.1, -0.05) is 123 Å². The summed E-state index contributed by atoms with van der Waals surface area (Å²) in [4.78, 5) is 2.36. The Morgan fingerprint density at radius 2 is 1.08 bits per heavy atom. The van der Waals surface area contributed by atoms with Crippen LogP contribution in [0.5, 0.6) is 23.0 Å². The molecule has 0 N–H and O–H groups in total. The number of furan rings is 1. The van der Waals surface area contributed by atoms with E-state index in [1.807, 2.05) is 12.1 Å². The first-order chi connectivity index (χ1) is 25.2. The number of anilines is 3. The zero-order valence-electron chi connectivity index (χ0n) is 32.2. The van der Waals surface area contributed by atoms with Crippen molar-refractivity contribution in [2.45, 2.75) is 78.6 Å². The standard InChI is InChI=1S/C48H46BNO3/c1-46(2,3)29-17-22-32(23-18-29)50(33-24-19-30(20-25-33)47(4,5)6)37-28-36-44(42-34-13-10-11-14-38(34)52-45(37)42)53-41-16-12-15-40-43(41)49(36)35-27-31(48(7,8)9)21-26-39(35)51-40/h10-28H,1-9H3. The van der Waals surface area contributed by atoms with Crippen molar-refractivity contribution >= 4 is 62.1 Å². The maximum Gasteiger partial charge on any atom is 0.260 e. The lowest BCUT2D eigenvalue weighted by Gasteiger charge is -2.35. The first kappa shape index (κ1) is 33.4. The number of rotatable bonds is 3. The van der Waals surface area contributed by atoms with Gasteiger partial charge in [-0.2, -0.15) is 0 Å². The van der Waals surface area contributed by atoms with Crippen molar-refractivity contribution in [3.8, 4) is 23.0 Å². The Labute approximate surface area is 313 Å². The Morgan fingerprint density at radius 3 is 1.68 bits per heavy atom. The summed E-state index contributed by atoms with van der Waals surface area (Å²) in [6.07, 6.45) is 0. The normalized spacial score (nSPS) is 13.6. The summed E-state index contributed by atoms with van der Waals surface area (Å²) < 4.78 is 20.6. The SMILES string of the molecule is CC(C)(C)c1ccc(N(c2ccc(C(C)(C)C)cc2)c2cc3c(c4c2oc2ccccc24)Oc2cccc4c2B3c2cc(C(C)(C)C)ccc2O4)cc1. The molecule has 5 heteroatoms. The fourth-order valence-electron chi connectivity index (χ4n) is 8.04. The zero-order valence-corrected chi connectivity index (χ0v) is 32.2. The molecular formula is C48H46BNO3. The zero-order chi connectivity index (χ0) is 37.0. The van der Waals surface area contributed by atoms with Crippen LogP contribution in [-0.2, 0) is 16.2 Å². The third kappa shape index (κ3) is 5.43. The Hall–Kier alpha value is -5.42. The number of para-hydroxylation sites is 1. The number of nitrogens with zero attached hydrogens (tertiary/aromatic N) is 1. The number of hydrogen-bond donors (Lipinski definition) is 0. The van der Waals surface area contributed by atoms with E-state index in [0.717, 1.165) is 78.4 Å². The van der Waals surface area contributed by atoms with Crippen LogP contribution in [0.1, 0.15) is 79.0 Å². The minimum Gasteiger partial charge on any atom is -0.458 e. The van der Waals surface area contributed by atoms with Crippen molar-refractivity contribution in [3.63, 3.8) is 0 Å². The van der Waals surface area contributed by atoms with E-state index in [1.54, 1.807) is 0 Å². The monoisotopic (exact) mass is 695 g/mol. The third-order valence-electron chi connectivity index (χ3n) is 11.1. The molecule has 6 aromatic carbocycles. The van der Waals surface area contributed by atoms with Crippen LogP contribution in [0.3, 0.4) is 0 Å². The fourth-order valence-corrected chi connectivity index (χ4v) is 8.04. The second kappa shape index (κ2) is 11.5. The van der Waals surface area contributed by atoms with Crippen molar-refractivity contribution in [2.24, 2.45) is 0 Å². The van der Waals surface area contributed by atoms with Crippen LogP contribution in [-0.4, -0.2) is 6.71 Å². The van der Waals surface area contributed by atoms with Gasteiger partial charge in [-0.15, -0.1) is 0 Å². The van der Waals surface area contributed by atoms with Crippen LogP contribution in [0.25, 0.3) is 21.9 Å². The summed E-state index contributed by atoms with van der Waals surface area (Å²) in [5, 5.41) is 2.01. The predicted octanol–water partition coefficient (Wildman–Crippen LogP) is 11.7. The molecule has 0 amide bonds. The summed E-state index contributed by atoms with van der Waals surface area (Å²) in [5.41, 5.74) is 11.9. The van der Waals surface area contributed by atoms with Gasteiger partial charge >= 0.3 is 0 Å². The molecule has 0 aliphatic carbocycles. The van der Waals surface area contributed by atoms with Crippen LogP contribution in [0, 0.1) is 0 Å². The molecule has 0 spiro atoms. The Kier molecular flexibility index (Phi) is 7.28. The van der Waals surface area contributed by atoms with Crippen molar-refractivity contribution in [1.82, 2.24) is 0 Å². The molecular weight excluding hydrogens is 649 g/mol. The van der Waals surface area contributed by atoms with Crippen molar-refractivity contribution in [3.05, 3.63) is 132 Å². The van der Waals surface area contributed by atoms with E-state index in [-0.39, 0.29) is 23.0 Å².